The van der Waals surface area contributed by atoms with Gasteiger partial charge < -0.3 is 20.2 Å². The summed E-state index contributed by atoms with van der Waals surface area (Å²) in [5.41, 5.74) is 0. The van der Waals surface area contributed by atoms with E-state index in [1.54, 1.807) is 0 Å². The van der Waals surface area contributed by atoms with Gasteiger partial charge in [-0.3, -0.25) is 4.79 Å². The Morgan fingerprint density at radius 1 is 1.00 bits per heavy atom. The van der Waals surface area contributed by atoms with Crippen molar-refractivity contribution >= 4 is 11.9 Å². The fourth-order valence-corrected chi connectivity index (χ4v) is 4.08. The van der Waals surface area contributed by atoms with Crippen LogP contribution in [0.25, 0.3) is 0 Å². The largest absolute Gasteiger partial charge is 0.393 e. The second-order valence-electron chi connectivity index (χ2n) is 7.22. The number of hydrogen-bond acceptors (Lipinski definition) is 3. The summed E-state index contributed by atoms with van der Waals surface area (Å²) < 4.78 is 0. The first-order valence-corrected chi connectivity index (χ1v) is 9.16. The molecule has 3 fully saturated rings. The standard InChI is InChI=1S/C17H29N3O3/c21-15-6-4-13(5-7-15)18-17(23)19-11-8-14(9-12-19)20-10-2-1-3-16(20)22/h13-15,21H,1-12H2,(H,18,23). The summed E-state index contributed by atoms with van der Waals surface area (Å²) in [5, 5.41) is 12.6. The van der Waals surface area contributed by atoms with Crippen LogP contribution in [0.1, 0.15) is 57.8 Å². The van der Waals surface area contributed by atoms with Gasteiger partial charge in [-0.1, -0.05) is 0 Å². The van der Waals surface area contributed by atoms with E-state index in [0.717, 1.165) is 71.0 Å². The first-order valence-electron chi connectivity index (χ1n) is 9.16. The maximum absolute atomic E-state index is 12.4. The number of aliphatic hydroxyl groups excluding tert-OH is 1. The number of nitrogens with zero attached hydrogens (tertiary/aromatic N) is 2. The van der Waals surface area contributed by atoms with Crippen molar-refractivity contribution in [2.75, 3.05) is 19.6 Å². The van der Waals surface area contributed by atoms with Crippen LogP contribution in [0.4, 0.5) is 4.79 Å². The molecule has 2 saturated heterocycles. The maximum atomic E-state index is 12.4. The van der Waals surface area contributed by atoms with Gasteiger partial charge in [0.05, 0.1) is 6.10 Å². The number of rotatable bonds is 2. The zero-order valence-electron chi connectivity index (χ0n) is 13.9. The summed E-state index contributed by atoms with van der Waals surface area (Å²) in [6.45, 7) is 2.35. The number of aliphatic hydroxyl groups is 1. The molecule has 2 N–H and O–H groups in total. The molecule has 6 nitrogen and oxygen atoms in total. The van der Waals surface area contributed by atoms with E-state index in [1.807, 2.05) is 9.80 Å². The van der Waals surface area contributed by atoms with Crippen molar-refractivity contribution in [1.82, 2.24) is 15.1 Å². The van der Waals surface area contributed by atoms with Gasteiger partial charge in [0.2, 0.25) is 5.91 Å². The quantitative estimate of drug-likeness (QED) is 0.808. The second-order valence-corrected chi connectivity index (χ2v) is 7.22. The predicted molar refractivity (Wildman–Crippen MR) is 87.0 cm³/mol. The van der Waals surface area contributed by atoms with Crippen molar-refractivity contribution in [2.24, 2.45) is 0 Å². The van der Waals surface area contributed by atoms with Gasteiger partial charge >= 0.3 is 6.03 Å². The van der Waals surface area contributed by atoms with Gasteiger partial charge in [0.1, 0.15) is 0 Å². The smallest absolute Gasteiger partial charge is 0.317 e. The number of piperidine rings is 2. The number of carbonyl (C=O) groups excluding carboxylic acids is 2. The normalized spacial score (nSPS) is 30.4. The third kappa shape index (κ3) is 4.16. The summed E-state index contributed by atoms with van der Waals surface area (Å²) in [6.07, 6.45) is 7.71. The fraction of sp³-hybridized carbons (Fsp3) is 0.882. The van der Waals surface area contributed by atoms with Crippen LogP contribution < -0.4 is 5.32 Å². The van der Waals surface area contributed by atoms with E-state index >= 15 is 0 Å². The fourth-order valence-electron chi connectivity index (χ4n) is 4.08. The molecule has 1 saturated carbocycles. The number of carbonyl (C=O) groups is 2. The Morgan fingerprint density at radius 3 is 2.35 bits per heavy atom. The van der Waals surface area contributed by atoms with Crippen molar-refractivity contribution in [3.05, 3.63) is 0 Å². The van der Waals surface area contributed by atoms with Gasteiger partial charge in [-0.05, 0) is 51.4 Å². The van der Waals surface area contributed by atoms with E-state index in [9.17, 15) is 14.7 Å². The third-order valence-electron chi connectivity index (χ3n) is 5.58. The lowest BCUT2D eigenvalue weighted by atomic mass is 9.93. The number of amides is 3. The van der Waals surface area contributed by atoms with Crippen LogP contribution in [-0.4, -0.2) is 64.7 Å². The molecule has 2 aliphatic heterocycles. The summed E-state index contributed by atoms with van der Waals surface area (Å²) in [4.78, 5) is 28.3. The van der Waals surface area contributed by atoms with Crippen LogP contribution in [0, 0.1) is 0 Å². The van der Waals surface area contributed by atoms with E-state index < -0.39 is 0 Å². The lowest BCUT2D eigenvalue weighted by molar-refractivity contribution is -0.136. The van der Waals surface area contributed by atoms with Gasteiger partial charge in [0.15, 0.2) is 0 Å². The summed E-state index contributed by atoms with van der Waals surface area (Å²) in [6, 6.07) is 0.541. The lowest BCUT2D eigenvalue weighted by Gasteiger charge is -2.40. The average Bonchev–Trinajstić information content (AvgIpc) is 2.57. The molecule has 0 atom stereocenters. The van der Waals surface area contributed by atoms with Gasteiger partial charge in [0, 0.05) is 38.1 Å². The van der Waals surface area contributed by atoms with Gasteiger partial charge in [-0.2, -0.15) is 0 Å². The number of likely N-dealkylation sites (tertiary alicyclic amines) is 2. The van der Waals surface area contributed by atoms with Gasteiger partial charge in [-0.15, -0.1) is 0 Å². The Balaban J connectivity index is 1.43. The summed E-state index contributed by atoms with van der Waals surface area (Å²) in [5.74, 6) is 0.292. The van der Waals surface area contributed by atoms with Crippen LogP contribution >= 0.6 is 0 Å². The minimum Gasteiger partial charge on any atom is -0.393 e. The number of hydrogen-bond donors (Lipinski definition) is 2. The molecule has 3 aliphatic rings. The molecule has 0 aromatic rings. The summed E-state index contributed by atoms with van der Waals surface area (Å²) >= 11 is 0. The van der Waals surface area contributed by atoms with Crippen LogP contribution in [0.15, 0.2) is 0 Å². The first kappa shape index (κ1) is 16.6. The molecule has 0 aromatic carbocycles. The van der Waals surface area contributed by atoms with Crippen LogP contribution in [0.3, 0.4) is 0 Å². The van der Waals surface area contributed by atoms with E-state index in [1.165, 1.54) is 0 Å². The molecule has 3 amide bonds. The molecule has 0 radical (unpaired) electrons. The minimum atomic E-state index is -0.194. The van der Waals surface area contributed by atoms with Crippen molar-refractivity contribution in [3.63, 3.8) is 0 Å². The molecular weight excluding hydrogens is 294 g/mol. The van der Waals surface area contributed by atoms with Crippen molar-refractivity contribution in [2.45, 2.75) is 76.0 Å². The summed E-state index contributed by atoms with van der Waals surface area (Å²) in [7, 11) is 0. The van der Waals surface area contributed by atoms with Crippen molar-refractivity contribution in [3.8, 4) is 0 Å². The Morgan fingerprint density at radius 2 is 1.70 bits per heavy atom. The molecule has 2 heterocycles. The highest BCUT2D eigenvalue weighted by molar-refractivity contribution is 5.77. The molecule has 0 unspecified atom stereocenters. The molecule has 0 spiro atoms. The third-order valence-corrected chi connectivity index (χ3v) is 5.58. The van der Waals surface area contributed by atoms with Crippen LogP contribution in [0.5, 0.6) is 0 Å². The Bertz CT molecular complexity index is 427. The van der Waals surface area contributed by atoms with Crippen LogP contribution in [0.2, 0.25) is 0 Å². The van der Waals surface area contributed by atoms with Crippen molar-refractivity contribution in [1.29, 1.82) is 0 Å². The molecule has 130 valence electrons. The second kappa shape index (κ2) is 7.51. The van der Waals surface area contributed by atoms with E-state index in [0.29, 0.717) is 18.4 Å². The zero-order chi connectivity index (χ0) is 16.2. The van der Waals surface area contributed by atoms with Crippen LogP contribution in [-0.2, 0) is 4.79 Å². The lowest BCUT2D eigenvalue weighted by Crippen LogP contribution is -2.53. The predicted octanol–water partition coefficient (Wildman–Crippen LogP) is 1.48. The SMILES string of the molecule is O=C(NC1CCC(O)CC1)N1CCC(N2CCCCC2=O)CC1. The maximum Gasteiger partial charge on any atom is 0.317 e. The monoisotopic (exact) mass is 323 g/mol. The molecule has 0 bridgehead atoms. The number of nitrogens with one attached hydrogen (secondary N) is 1. The Hall–Kier alpha value is -1.30. The minimum absolute atomic E-state index is 0.0230. The zero-order valence-corrected chi connectivity index (χ0v) is 13.9. The molecule has 0 aromatic heterocycles. The van der Waals surface area contributed by atoms with E-state index in [2.05, 4.69) is 5.32 Å². The molecule has 6 heteroatoms. The highest BCUT2D eigenvalue weighted by Gasteiger charge is 2.31. The van der Waals surface area contributed by atoms with E-state index in [-0.39, 0.29) is 18.2 Å². The van der Waals surface area contributed by atoms with Crippen molar-refractivity contribution < 1.29 is 14.7 Å². The Kier molecular flexibility index (Phi) is 5.41. The number of urea groups is 1. The topological polar surface area (TPSA) is 72.9 Å². The Labute approximate surface area is 138 Å². The molecule has 23 heavy (non-hydrogen) atoms. The molecule has 3 rings (SSSR count). The molecular formula is C17H29N3O3. The van der Waals surface area contributed by atoms with Gasteiger partial charge in [0.25, 0.3) is 0 Å². The highest BCUT2D eigenvalue weighted by Crippen LogP contribution is 2.23. The van der Waals surface area contributed by atoms with E-state index in [4.69, 9.17) is 0 Å². The average molecular weight is 323 g/mol. The molecule has 1 aliphatic carbocycles. The van der Waals surface area contributed by atoms with Gasteiger partial charge in [-0.25, -0.2) is 4.79 Å². The highest BCUT2D eigenvalue weighted by atomic mass is 16.3. The first-order chi connectivity index (χ1) is 11.1.